The average molecular weight is 381 g/mol. The molecule has 0 amide bonds. The molecule has 1 aliphatic rings. The van der Waals surface area contributed by atoms with Gasteiger partial charge in [0.25, 0.3) is 0 Å². The average Bonchev–Trinajstić information content (AvgIpc) is 3.36. The highest BCUT2D eigenvalue weighted by molar-refractivity contribution is 7.11. The van der Waals surface area contributed by atoms with Gasteiger partial charge in [0.2, 0.25) is 5.89 Å². The molecule has 2 aromatic heterocycles. The van der Waals surface area contributed by atoms with E-state index in [1.54, 1.807) is 6.92 Å². The smallest absolute Gasteiger partial charge is 0.226 e. The Hall–Kier alpha value is -3.00. The number of aliphatic hydroxyl groups is 1. The zero-order chi connectivity index (χ0) is 18.8. The van der Waals surface area contributed by atoms with E-state index < -0.39 is 0 Å². The Kier molecular flexibility index (Phi) is 4.72. The van der Waals surface area contributed by atoms with Crippen LogP contribution in [0.2, 0.25) is 0 Å². The molecule has 0 fully saturated rings. The second-order valence-electron chi connectivity index (χ2n) is 6.33. The van der Waals surface area contributed by atoms with E-state index in [4.69, 9.17) is 9.93 Å². The molecule has 0 spiro atoms. The number of aryl methyl sites for hydroxylation is 2. The van der Waals surface area contributed by atoms with Crippen LogP contribution in [0.4, 0.5) is 0 Å². The largest absolute Gasteiger partial charge is 0.510 e. The summed E-state index contributed by atoms with van der Waals surface area (Å²) < 4.78 is 5.11. The number of hydrogen-bond donors (Lipinski definition) is 2. The molecule has 1 aromatic carbocycles. The van der Waals surface area contributed by atoms with Gasteiger partial charge in [0.1, 0.15) is 16.6 Å². The summed E-state index contributed by atoms with van der Waals surface area (Å²) in [5, 5.41) is 25.3. The molecule has 0 radical (unpaired) electrons. The first-order valence-electron chi connectivity index (χ1n) is 8.68. The third kappa shape index (κ3) is 3.61. The van der Waals surface area contributed by atoms with Crippen molar-refractivity contribution in [3.05, 3.63) is 58.2 Å². The third-order valence-electron chi connectivity index (χ3n) is 4.36. The minimum Gasteiger partial charge on any atom is -0.510 e. The van der Waals surface area contributed by atoms with Gasteiger partial charge in [0.15, 0.2) is 5.82 Å². The number of hydrogen-bond acceptors (Lipinski definition) is 7. The second kappa shape index (κ2) is 7.32. The summed E-state index contributed by atoms with van der Waals surface area (Å²) in [6.07, 6.45) is 1.41. The highest BCUT2D eigenvalue weighted by Gasteiger charge is 2.30. The molecule has 0 bridgehead atoms. The fourth-order valence-electron chi connectivity index (χ4n) is 3.04. The van der Waals surface area contributed by atoms with Gasteiger partial charge in [0, 0.05) is 23.9 Å². The highest BCUT2D eigenvalue weighted by Crippen LogP contribution is 2.32. The van der Waals surface area contributed by atoms with E-state index in [1.807, 2.05) is 40.6 Å². The minimum atomic E-state index is 0.197. The monoisotopic (exact) mass is 381 g/mol. The molecule has 1 aliphatic heterocycles. The molecule has 0 unspecified atom stereocenters. The van der Waals surface area contributed by atoms with Crippen molar-refractivity contribution < 1.29 is 9.63 Å². The quantitative estimate of drug-likeness (QED) is 0.675. The molecule has 0 atom stereocenters. The number of aromatic nitrogens is 3. The lowest BCUT2D eigenvalue weighted by Gasteiger charge is -2.17. The Balaban J connectivity index is 1.42. The van der Waals surface area contributed by atoms with Crippen molar-refractivity contribution in [2.75, 3.05) is 13.1 Å². The molecule has 0 saturated carbocycles. The topological polar surface area (TPSA) is 99.1 Å². The van der Waals surface area contributed by atoms with Crippen LogP contribution < -0.4 is 0 Å². The van der Waals surface area contributed by atoms with Gasteiger partial charge in [-0.1, -0.05) is 35.5 Å². The lowest BCUT2D eigenvalue weighted by Crippen LogP contribution is -2.28. The lowest BCUT2D eigenvalue weighted by atomic mass is 10.2. The van der Waals surface area contributed by atoms with Crippen molar-refractivity contribution in [2.45, 2.75) is 19.8 Å². The molecule has 27 heavy (non-hydrogen) atoms. The summed E-state index contributed by atoms with van der Waals surface area (Å²) >= 11 is 1.44. The van der Waals surface area contributed by atoms with Crippen LogP contribution in [-0.2, 0) is 6.42 Å². The molecule has 3 heterocycles. The summed E-state index contributed by atoms with van der Waals surface area (Å²) in [6.45, 7) is 2.75. The van der Waals surface area contributed by atoms with Gasteiger partial charge in [-0.2, -0.15) is 4.98 Å². The van der Waals surface area contributed by atoms with Crippen LogP contribution in [-0.4, -0.2) is 44.1 Å². The molecule has 3 aromatic rings. The van der Waals surface area contributed by atoms with Gasteiger partial charge in [-0.3, -0.25) is 5.41 Å². The van der Waals surface area contributed by atoms with E-state index in [0.29, 0.717) is 47.6 Å². The van der Waals surface area contributed by atoms with Gasteiger partial charge >= 0.3 is 0 Å². The van der Waals surface area contributed by atoms with Gasteiger partial charge in [-0.25, -0.2) is 4.98 Å². The van der Waals surface area contributed by atoms with Crippen LogP contribution in [0.5, 0.6) is 0 Å². The Morgan fingerprint density at radius 1 is 1.26 bits per heavy atom. The Bertz CT molecular complexity index is 992. The van der Waals surface area contributed by atoms with Crippen LogP contribution in [0.3, 0.4) is 0 Å². The molecular formula is C19H19N5O2S. The normalized spacial score (nSPS) is 14.4. The molecular weight excluding hydrogens is 362 g/mol. The summed E-state index contributed by atoms with van der Waals surface area (Å²) in [5.41, 5.74) is 2.40. The van der Waals surface area contributed by atoms with Crippen molar-refractivity contribution in [3.63, 3.8) is 0 Å². The molecule has 0 saturated heterocycles. The van der Waals surface area contributed by atoms with Crippen LogP contribution in [0.15, 0.2) is 46.0 Å². The fraction of sp³-hybridized carbons (Fsp3) is 0.263. The maximum Gasteiger partial charge on any atom is 0.226 e. The van der Waals surface area contributed by atoms with Crippen molar-refractivity contribution in [2.24, 2.45) is 0 Å². The molecule has 2 N–H and O–H groups in total. The zero-order valence-corrected chi connectivity index (χ0v) is 15.7. The van der Waals surface area contributed by atoms with Gasteiger partial charge in [0.05, 0.1) is 17.8 Å². The van der Waals surface area contributed by atoms with Crippen LogP contribution in [0.1, 0.15) is 23.1 Å². The second-order valence-corrected chi connectivity index (χ2v) is 7.19. The van der Waals surface area contributed by atoms with Gasteiger partial charge in [-0.05, 0) is 13.3 Å². The first kappa shape index (κ1) is 17.4. The van der Waals surface area contributed by atoms with Crippen LogP contribution in [0.25, 0.3) is 16.8 Å². The van der Waals surface area contributed by atoms with Crippen molar-refractivity contribution >= 4 is 22.7 Å². The molecule has 4 rings (SSSR count). The molecule has 7 nitrogen and oxygen atoms in total. The summed E-state index contributed by atoms with van der Waals surface area (Å²) in [5.74, 6) is 1.73. The molecule has 0 aliphatic carbocycles. The Labute approximate surface area is 160 Å². The highest BCUT2D eigenvalue weighted by atomic mass is 32.1. The van der Waals surface area contributed by atoms with E-state index in [9.17, 15) is 5.11 Å². The number of rotatable bonds is 6. The third-order valence-corrected chi connectivity index (χ3v) is 5.22. The lowest BCUT2D eigenvalue weighted by molar-refractivity contribution is 0.337. The maximum atomic E-state index is 10.4. The van der Waals surface area contributed by atoms with E-state index in [-0.39, 0.29) is 5.76 Å². The summed E-state index contributed by atoms with van der Waals surface area (Å²) in [4.78, 5) is 10.7. The number of amidine groups is 1. The van der Waals surface area contributed by atoms with Crippen LogP contribution >= 0.6 is 11.3 Å². The first-order valence-corrected chi connectivity index (χ1v) is 9.56. The standard InChI is InChI=1S/C19H19N5O2S/c1-12-21-16(26-23-12)8-5-9-24-10-15(25)17(18(24)20)19-22-14(11-27-19)13-6-3-2-4-7-13/h2-4,6-7,11,20,25H,5,8-10H2,1H3. The number of thiazole rings is 1. The van der Waals surface area contributed by atoms with Gasteiger partial charge < -0.3 is 14.5 Å². The maximum absolute atomic E-state index is 10.4. The summed E-state index contributed by atoms with van der Waals surface area (Å²) in [6, 6.07) is 9.90. The first-order chi connectivity index (χ1) is 13.1. The predicted molar refractivity (Wildman–Crippen MR) is 104 cm³/mol. The van der Waals surface area contributed by atoms with E-state index >= 15 is 0 Å². The minimum absolute atomic E-state index is 0.197. The van der Waals surface area contributed by atoms with Crippen molar-refractivity contribution in [3.8, 4) is 11.3 Å². The van der Waals surface area contributed by atoms with Gasteiger partial charge in [-0.15, -0.1) is 11.3 Å². The predicted octanol–water partition coefficient (Wildman–Crippen LogP) is 3.70. The fourth-order valence-corrected chi connectivity index (χ4v) is 3.94. The molecule has 8 heteroatoms. The summed E-state index contributed by atoms with van der Waals surface area (Å²) in [7, 11) is 0. The number of nitrogens with one attached hydrogen (secondary N) is 1. The van der Waals surface area contributed by atoms with E-state index in [0.717, 1.165) is 17.7 Å². The Morgan fingerprint density at radius 3 is 2.81 bits per heavy atom. The van der Waals surface area contributed by atoms with E-state index in [1.165, 1.54) is 11.3 Å². The van der Waals surface area contributed by atoms with Crippen molar-refractivity contribution in [1.29, 1.82) is 5.41 Å². The number of aliphatic hydroxyl groups excluding tert-OH is 1. The van der Waals surface area contributed by atoms with Crippen molar-refractivity contribution in [1.82, 2.24) is 20.0 Å². The molecule has 138 valence electrons. The zero-order valence-electron chi connectivity index (χ0n) is 14.8. The number of benzene rings is 1. The van der Waals surface area contributed by atoms with E-state index in [2.05, 4.69) is 15.1 Å². The Morgan fingerprint density at radius 2 is 2.07 bits per heavy atom. The SMILES string of the molecule is Cc1noc(CCCN2CC(O)=C(c3nc(-c4ccccc4)cs3)C2=N)n1. The number of nitrogens with zero attached hydrogens (tertiary/aromatic N) is 4. The van der Waals surface area contributed by atoms with Crippen LogP contribution in [0, 0.1) is 12.3 Å².